The average molecular weight is 260 g/mol. The number of halogens is 1. The molecule has 0 aliphatic rings. The van der Waals surface area contributed by atoms with Gasteiger partial charge in [-0.15, -0.1) is 0 Å². The van der Waals surface area contributed by atoms with Gasteiger partial charge in [0.25, 0.3) is 0 Å². The Morgan fingerprint density at radius 1 is 0.833 bits per heavy atom. The van der Waals surface area contributed by atoms with E-state index in [9.17, 15) is 0 Å². The molecule has 0 saturated carbocycles. The molecule has 94 valence electrons. The third-order valence-electron chi connectivity index (χ3n) is 3.14. The minimum absolute atomic E-state index is 0.480. The molecule has 2 heteroatoms. The van der Waals surface area contributed by atoms with Gasteiger partial charge in [0.15, 0.2) is 0 Å². The summed E-state index contributed by atoms with van der Waals surface area (Å²) in [6.45, 7) is 0.706. The lowest BCUT2D eigenvalue weighted by Gasteiger charge is -2.15. The highest BCUT2D eigenvalue weighted by Crippen LogP contribution is 2.16. The van der Waals surface area contributed by atoms with Gasteiger partial charge in [-0.05, 0) is 48.6 Å². The maximum absolute atomic E-state index is 5.89. The van der Waals surface area contributed by atoms with Crippen molar-refractivity contribution in [2.24, 2.45) is 11.7 Å². The standard InChI is InChI=1S/C16H18ClN/c17-16-8-6-14(7-9-16)11-15(12-18)10-13-4-2-1-3-5-13/h1-9,15H,10-12,18H2. The van der Waals surface area contributed by atoms with Crippen LogP contribution in [0.5, 0.6) is 0 Å². The maximum atomic E-state index is 5.89. The molecular weight excluding hydrogens is 242 g/mol. The SMILES string of the molecule is NCC(Cc1ccccc1)Cc1ccc(Cl)cc1. The van der Waals surface area contributed by atoms with E-state index in [1.807, 2.05) is 18.2 Å². The summed E-state index contributed by atoms with van der Waals surface area (Å²) < 4.78 is 0. The normalized spacial score (nSPS) is 12.3. The Morgan fingerprint density at radius 3 is 1.94 bits per heavy atom. The molecule has 1 nitrogen and oxygen atoms in total. The zero-order chi connectivity index (χ0) is 12.8. The Bertz CT molecular complexity index is 464. The van der Waals surface area contributed by atoms with E-state index in [4.69, 9.17) is 17.3 Å². The summed E-state index contributed by atoms with van der Waals surface area (Å²) in [5, 5.41) is 0.783. The van der Waals surface area contributed by atoms with E-state index >= 15 is 0 Å². The zero-order valence-electron chi connectivity index (χ0n) is 10.4. The van der Waals surface area contributed by atoms with E-state index < -0.39 is 0 Å². The van der Waals surface area contributed by atoms with Gasteiger partial charge in [-0.3, -0.25) is 0 Å². The van der Waals surface area contributed by atoms with Gasteiger partial charge in [0.2, 0.25) is 0 Å². The summed E-state index contributed by atoms with van der Waals surface area (Å²) in [6, 6.07) is 18.5. The van der Waals surface area contributed by atoms with Crippen molar-refractivity contribution in [3.63, 3.8) is 0 Å². The van der Waals surface area contributed by atoms with Gasteiger partial charge >= 0.3 is 0 Å². The van der Waals surface area contributed by atoms with Crippen LogP contribution in [0.3, 0.4) is 0 Å². The van der Waals surface area contributed by atoms with Crippen molar-refractivity contribution in [2.75, 3.05) is 6.54 Å². The molecule has 0 aliphatic heterocycles. The van der Waals surface area contributed by atoms with Crippen LogP contribution in [0.25, 0.3) is 0 Å². The van der Waals surface area contributed by atoms with Gasteiger partial charge in [-0.1, -0.05) is 54.1 Å². The van der Waals surface area contributed by atoms with Gasteiger partial charge in [-0.2, -0.15) is 0 Å². The van der Waals surface area contributed by atoms with Crippen molar-refractivity contribution in [1.29, 1.82) is 0 Å². The lowest BCUT2D eigenvalue weighted by Crippen LogP contribution is -2.19. The third kappa shape index (κ3) is 3.86. The number of hydrogen-bond donors (Lipinski definition) is 1. The second-order valence-electron chi connectivity index (χ2n) is 4.62. The van der Waals surface area contributed by atoms with Crippen molar-refractivity contribution >= 4 is 11.6 Å². The first-order chi connectivity index (χ1) is 8.78. The fourth-order valence-corrected chi connectivity index (χ4v) is 2.27. The van der Waals surface area contributed by atoms with Crippen LogP contribution in [-0.2, 0) is 12.8 Å². The van der Waals surface area contributed by atoms with Crippen LogP contribution in [-0.4, -0.2) is 6.54 Å². The molecule has 0 spiro atoms. The number of benzene rings is 2. The molecule has 2 aromatic rings. The molecular formula is C16H18ClN. The molecule has 1 unspecified atom stereocenters. The number of hydrogen-bond acceptors (Lipinski definition) is 1. The second-order valence-corrected chi connectivity index (χ2v) is 5.06. The first-order valence-electron chi connectivity index (χ1n) is 6.26. The maximum Gasteiger partial charge on any atom is 0.0406 e. The highest BCUT2D eigenvalue weighted by molar-refractivity contribution is 6.30. The molecule has 0 heterocycles. The summed E-state index contributed by atoms with van der Waals surface area (Å²) in [6.07, 6.45) is 2.03. The van der Waals surface area contributed by atoms with E-state index in [0.717, 1.165) is 17.9 Å². The van der Waals surface area contributed by atoms with E-state index in [2.05, 4.69) is 36.4 Å². The van der Waals surface area contributed by atoms with Gasteiger partial charge in [0.05, 0.1) is 0 Å². The van der Waals surface area contributed by atoms with E-state index in [1.54, 1.807) is 0 Å². The fourth-order valence-electron chi connectivity index (χ4n) is 2.14. The molecule has 1 atom stereocenters. The van der Waals surface area contributed by atoms with Crippen molar-refractivity contribution in [2.45, 2.75) is 12.8 Å². The predicted octanol–water partition coefficient (Wildman–Crippen LogP) is 3.70. The van der Waals surface area contributed by atoms with Gasteiger partial charge in [0.1, 0.15) is 0 Å². The minimum atomic E-state index is 0.480. The van der Waals surface area contributed by atoms with Crippen molar-refractivity contribution in [1.82, 2.24) is 0 Å². The van der Waals surface area contributed by atoms with Crippen LogP contribution < -0.4 is 5.73 Å². The summed E-state index contributed by atoms with van der Waals surface area (Å²) in [5.41, 5.74) is 8.52. The smallest absolute Gasteiger partial charge is 0.0406 e. The molecule has 0 aliphatic carbocycles. The quantitative estimate of drug-likeness (QED) is 0.871. The largest absolute Gasteiger partial charge is 0.330 e. The van der Waals surface area contributed by atoms with Crippen LogP contribution in [0.1, 0.15) is 11.1 Å². The lowest BCUT2D eigenvalue weighted by molar-refractivity contribution is 0.533. The van der Waals surface area contributed by atoms with Gasteiger partial charge in [0, 0.05) is 5.02 Å². The van der Waals surface area contributed by atoms with Gasteiger partial charge in [-0.25, -0.2) is 0 Å². The second kappa shape index (κ2) is 6.58. The summed E-state index contributed by atoms with van der Waals surface area (Å²) >= 11 is 5.89. The van der Waals surface area contributed by atoms with Crippen LogP contribution in [0, 0.1) is 5.92 Å². The zero-order valence-corrected chi connectivity index (χ0v) is 11.1. The third-order valence-corrected chi connectivity index (χ3v) is 3.39. The summed E-state index contributed by atoms with van der Waals surface area (Å²) in [5.74, 6) is 0.480. The molecule has 0 fully saturated rings. The Hall–Kier alpha value is -1.31. The van der Waals surface area contributed by atoms with Crippen LogP contribution in [0.2, 0.25) is 5.02 Å². The summed E-state index contributed by atoms with van der Waals surface area (Å²) in [7, 11) is 0. The number of nitrogens with two attached hydrogens (primary N) is 1. The van der Waals surface area contributed by atoms with Crippen LogP contribution in [0.4, 0.5) is 0 Å². The summed E-state index contributed by atoms with van der Waals surface area (Å²) in [4.78, 5) is 0. The van der Waals surface area contributed by atoms with Gasteiger partial charge < -0.3 is 5.73 Å². The lowest BCUT2D eigenvalue weighted by atomic mass is 9.93. The highest BCUT2D eigenvalue weighted by atomic mass is 35.5. The molecule has 0 amide bonds. The molecule has 2 aromatic carbocycles. The van der Waals surface area contributed by atoms with Crippen molar-refractivity contribution in [3.05, 3.63) is 70.7 Å². The van der Waals surface area contributed by atoms with Crippen molar-refractivity contribution < 1.29 is 0 Å². The van der Waals surface area contributed by atoms with E-state index in [0.29, 0.717) is 12.5 Å². The minimum Gasteiger partial charge on any atom is -0.330 e. The van der Waals surface area contributed by atoms with E-state index in [-0.39, 0.29) is 0 Å². The fraction of sp³-hybridized carbons (Fsp3) is 0.250. The van der Waals surface area contributed by atoms with Crippen molar-refractivity contribution in [3.8, 4) is 0 Å². The molecule has 2 N–H and O–H groups in total. The molecule has 0 saturated heterocycles. The molecule has 18 heavy (non-hydrogen) atoms. The van der Waals surface area contributed by atoms with Crippen LogP contribution in [0.15, 0.2) is 54.6 Å². The topological polar surface area (TPSA) is 26.0 Å². The monoisotopic (exact) mass is 259 g/mol. The first kappa shape index (κ1) is 13.1. The highest BCUT2D eigenvalue weighted by Gasteiger charge is 2.08. The van der Waals surface area contributed by atoms with E-state index in [1.165, 1.54) is 11.1 Å². The van der Waals surface area contributed by atoms with Crippen LogP contribution >= 0.6 is 11.6 Å². The predicted molar refractivity (Wildman–Crippen MR) is 77.8 cm³/mol. The Morgan fingerprint density at radius 2 is 1.39 bits per heavy atom. The molecule has 0 radical (unpaired) electrons. The Kier molecular flexibility index (Phi) is 4.80. The number of rotatable bonds is 5. The first-order valence-corrected chi connectivity index (χ1v) is 6.64. The average Bonchev–Trinajstić information content (AvgIpc) is 2.41. The molecule has 2 rings (SSSR count). The molecule has 0 aromatic heterocycles. The molecule has 0 bridgehead atoms. The Balaban J connectivity index is 1.99. The Labute approximate surface area is 114 Å².